The zero-order valence-electron chi connectivity index (χ0n) is 22.4. The average molecular weight is 526 g/mol. The number of carbonyl (C=O) groups is 2. The number of hydrogen-bond acceptors (Lipinski definition) is 6. The Kier molecular flexibility index (Phi) is 7.50. The van der Waals surface area contributed by atoms with Gasteiger partial charge in [-0.2, -0.15) is 0 Å². The van der Waals surface area contributed by atoms with Gasteiger partial charge in [-0.3, -0.25) is 14.5 Å². The summed E-state index contributed by atoms with van der Waals surface area (Å²) in [7, 11) is 0. The van der Waals surface area contributed by atoms with Crippen molar-refractivity contribution in [1.82, 2.24) is 0 Å². The summed E-state index contributed by atoms with van der Waals surface area (Å²) in [5.74, 6) is -0.177. The van der Waals surface area contributed by atoms with Crippen LogP contribution >= 0.6 is 0 Å². The Labute approximate surface area is 227 Å². The van der Waals surface area contributed by atoms with Crippen molar-refractivity contribution in [2.45, 2.75) is 46.1 Å². The number of rotatable bonds is 9. The van der Waals surface area contributed by atoms with Gasteiger partial charge in [0, 0.05) is 5.69 Å². The van der Waals surface area contributed by atoms with Crippen LogP contribution < -0.4 is 15.1 Å². The Morgan fingerprint density at radius 2 is 1.77 bits per heavy atom. The number of ether oxygens (including phenoxy) is 2. The van der Waals surface area contributed by atoms with E-state index in [9.17, 15) is 14.4 Å². The Balaban J connectivity index is 1.63. The largest absolute Gasteiger partial charge is 0.494 e. The van der Waals surface area contributed by atoms with Gasteiger partial charge in [0.05, 0.1) is 35.8 Å². The molecule has 2 heterocycles. The van der Waals surface area contributed by atoms with Crippen LogP contribution in [0.1, 0.15) is 76.8 Å². The molecule has 1 unspecified atom stereocenters. The van der Waals surface area contributed by atoms with Crippen LogP contribution in [-0.4, -0.2) is 25.1 Å². The van der Waals surface area contributed by atoms with E-state index in [1.54, 1.807) is 48.2 Å². The second kappa shape index (κ2) is 11.2. The molecule has 0 spiro atoms. The first kappa shape index (κ1) is 26.2. The Hall–Kier alpha value is -4.39. The lowest BCUT2D eigenvalue weighted by Crippen LogP contribution is -2.29. The molecule has 1 atom stereocenters. The van der Waals surface area contributed by atoms with E-state index in [-0.39, 0.29) is 23.4 Å². The van der Waals surface area contributed by atoms with Gasteiger partial charge in [0.2, 0.25) is 5.76 Å². The molecule has 5 rings (SSSR count). The van der Waals surface area contributed by atoms with Gasteiger partial charge in [0.15, 0.2) is 5.43 Å². The molecule has 0 aliphatic carbocycles. The van der Waals surface area contributed by atoms with Crippen LogP contribution in [0.3, 0.4) is 0 Å². The molecule has 0 saturated heterocycles. The minimum absolute atomic E-state index is 0.0186. The predicted molar refractivity (Wildman–Crippen MR) is 150 cm³/mol. The van der Waals surface area contributed by atoms with Gasteiger partial charge < -0.3 is 13.9 Å². The highest BCUT2D eigenvalue weighted by molar-refractivity contribution is 6.10. The summed E-state index contributed by atoms with van der Waals surface area (Å²) in [6.07, 6.45) is 3.12. The number of amides is 1. The van der Waals surface area contributed by atoms with E-state index in [0.717, 1.165) is 30.4 Å². The zero-order valence-corrected chi connectivity index (χ0v) is 22.4. The summed E-state index contributed by atoms with van der Waals surface area (Å²) in [6, 6.07) is 18.7. The molecule has 0 N–H and O–H groups in total. The molecule has 1 aliphatic heterocycles. The third-order valence-electron chi connectivity index (χ3n) is 6.87. The first-order valence-electron chi connectivity index (χ1n) is 13.3. The van der Waals surface area contributed by atoms with Gasteiger partial charge in [-0.25, -0.2) is 4.79 Å². The van der Waals surface area contributed by atoms with Crippen LogP contribution in [0, 0.1) is 6.92 Å². The quantitative estimate of drug-likeness (QED) is 0.181. The number of anilines is 1. The molecule has 7 heteroatoms. The molecule has 0 saturated carbocycles. The van der Waals surface area contributed by atoms with Gasteiger partial charge in [0.25, 0.3) is 5.91 Å². The number of unbranched alkanes of at least 4 members (excludes halogenated alkanes) is 2. The van der Waals surface area contributed by atoms with E-state index in [1.807, 2.05) is 37.3 Å². The molecule has 39 heavy (non-hydrogen) atoms. The second-order valence-electron chi connectivity index (χ2n) is 9.65. The molecule has 0 fully saturated rings. The first-order chi connectivity index (χ1) is 18.9. The van der Waals surface area contributed by atoms with Crippen LogP contribution in [0.4, 0.5) is 5.69 Å². The van der Waals surface area contributed by atoms with Crippen molar-refractivity contribution in [1.29, 1.82) is 0 Å². The number of nitrogens with zero attached hydrogens (tertiary/aromatic N) is 1. The van der Waals surface area contributed by atoms with Gasteiger partial charge >= 0.3 is 5.97 Å². The zero-order chi connectivity index (χ0) is 27.5. The normalized spacial score (nSPS) is 14.5. The third-order valence-corrected chi connectivity index (χ3v) is 6.87. The minimum Gasteiger partial charge on any atom is -0.494 e. The van der Waals surface area contributed by atoms with Crippen molar-refractivity contribution in [3.05, 3.63) is 105 Å². The van der Waals surface area contributed by atoms with Crippen LogP contribution in [0.5, 0.6) is 5.75 Å². The van der Waals surface area contributed by atoms with E-state index < -0.39 is 17.9 Å². The number of fused-ring (bicyclic) bond motifs is 2. The maximum atomic E-state index is 13.9. The fourth-order valence-corrected chi connectivity index (χ4v) is 4.96. The molecule has 0 bridgehead atoms. The highest BCUT2D eigenvalue weighted by Gasteiger charge is 2.43. The van der Waals surface area contributed by atoms with Crippen molar-refractivity contribution in [2.75, 3.05) is 18.1 Å². The Morgan fingerprint density at radius 3 is 2.51 bits per heavy atom. The topological polar surface area (TPSA) is 86.0 Å². The van der Waals surface area contributed by atoms with Crippen LogP contribution in [-0.2, 0) is 4.74 Å². The Bertz CT molecular complexity index is 1590. The predicted octanol–water partition coefficient (Wildman–Crippen LogP) is 6.60. The fourth-order valence-electron chi connectivity index (χ4n) is 4.96. The highest BCUT2D eigenvalue weighted by atomic mass is 16.5. The summed E-state index contributed by atoms with van der Waals surface area (Å²) >= 11 is 0. The molecular formula is C32H31NO6. The second-order valence-corrected chi connectivity index (χ2v) is 9.65. The molecule has 4 aromatic rings. The van der Waals surface area contributed by atoms with Crippen LogP contribution in [0.2, 0.25) is 0 Å². The fraction of sp³-hybridized carbons (Fsp3) is 0.281. The van der Waals surface area contributed by atoms with E-state index in [0.29, 0.717) is 34.6 Å². The summed E-state index contributed by atoms with van der Waals surface area (Å²) in [4.78, 5) is 41.5. The lowest BCUT2D eigenvalue weighted by atomic mass is 9.97. The third kappa shape index (κ3) is 5.04. The molecule has 0 radical (unpaired) electrons. The van der Waals surface area contributed by atoms with Gasteiger partial charge in [0.1, 0.15) is 11.3 Å². The van der Waals surface area contributed by atoms with E-state index in [2.05, 4.69) is 6.92 Å². The van der Waals surface area contributed by atoms with Crippen LogP contribution in [0.15, 0.2) is 75.9 Å². The molecule has 3 aromatic carbocycles. The van der Waals surface area contributed by atoms with Crippen molar-refractivity contribution in [3.63, 3.8) is 0 Å². The standard InChI is InChI=1S/C32H31NO6/c1-4-6-7-17-38-24-10-8-9-22(19-24)28-27-29(34)25-18-20(3)11-16-26(25)39-30(27)31(35)33(28)23-14-12-21(13-15-23)32(36)37-5-2/h8-16,18-19,28H,4-7,17H2,1-3H3. The number of hydrogen-bond donors (Lipinski definition) is 0. The maximum Gasteiger partial charge on any atom is 0.338 e. The smallest absolute Gasteiger partial charge is 0.338 e. The maximum absolute atomic E-state index is 13.9. The van der Waals surface area contributed by atoms with Crippen molar-refractivity contribution >= 4 is 28.5 Å². The average Bonchev–Trinajstić information content (AvgIpc) is 3.24. The lowest BCUT2D eigenvalue weighted by molar-refractivity contribution is 0.0526. The van der Waals surface area contributed by atoms with Gasteiger partial charge in [-0.1, -0.05) is 43.5 Å². The molecule has 7 nitrogen and oxygen atoms in total. The molecule has 200 valence electrons. The SMILES string of the molecule is CCCCCOc1cccc(C2c3c(oc4ccc(C)cc4c3=O)C(=O)N2c2ccc(C(=O)OCC)cc2)c1. The number of aryl methyl sites for hydroxylation is 1. The molecule has 1 amide bonds. The number of carbonyl (C=O) groups excluding carboxylic acids is 2. The lowest BCUT2D eigenvalue weighted by Gasteiger charge is -2.25. The van der Waals surface area contributed by atoms with Crippen molar-refractivity contribution in [3.8, 4) is 5.75 Å². The van der Waals surface area contributed by atoms with E-state index in [4.69, 9.17) is 13.9 Å². The van der Waals surface area contributed by atoms with Crippen LogP contribution in [0.25, 0.3) is 11.0 Å². The summed E-state index contributed by atoms with van der Waals surface area (Å²) < 4.78 is 17.2. The number of benzene rings is 3. The Morgan fingerprint density at radius 1 is 0.974 bits per heavy atom. The van der Waals surface area contributed by atoms with E-state index in [1.165, 1.54) is 0 Å². The molecule has 1 aromatic heterocycles. The van der Waals surface area contributed by atoms with Crippen molar-refractivity contribution in [2.24, 2.45) is 0 Å². The first-order valence-corrected chi connectivity index (χ1v) is 13.3. The molecular weight excluding hydrogens is 494 g/mol. The van der Waals surface area contributed by atoms with Gasteiger partial charge in [-0.15, -0.1) is 0 Å². The number of esters is 1. The van der Waals surface area contributed by atoms with E-state index >= 15 is 0 Å². The monoisotopic (exact) mass is 525 g/mol. The summed E-state index contributed by atoms with van der Waals surface area (Å²) in [5, 5.41) is 0.429. The summed E-state index contributed by atoms with van der Waals surface area (Å²) in [6.45, 7) is 6.64. The molecule has 1 aliphatic rings. The van der Waals surface area contributed by atoms with Gasteiger partial charge in [-0.05, 0) is 74.4 Å². The summed E-state index contributed by atoms with van der Waals surface area (Å²) in [5.41, 5.74) is 2.96. The minimum atomic E-state index is -0.735. The van der Waals surface area contributed by atoms with Crippen molar-refractivity contribution < 1.29 is 23.5 Å². The highest BCUT2D eigenvalue weighted by Crippen LogP contribution is 2.42.